The zero-order chi connectivity index (χ0) is 53.1. The Morgan fingerprint density at radius 2 is 1.40 bits per heavy atom. The molecule has 1 aliphatic heterocycles. The van der Waals surface area contributed by atoms with Crippen LogP contribution in [-0.4, -0.2) is 102 Å². The van der Waals surface area contributed by atoms with Crippen LogP contribution in [0, 0.1) is 45.8 Å². The smallest absolute Gasteiger partial charge is 0.251 e. The van der Waals surface area contributed by atoms with Crippen molar-refractivity contribution in [2.24, 2.45) is 16.2 Å². The summed E-state index contributed by atoms with van der Waals surface area (Å²) in [6.45, 7) is 24.2. The highest BCUT2D eigenvalue weighted by atomic mass is 35.5. The third-order valence-corrected chi connectivity index (χ3v) is 14.2. The lowest BCUT2D eigenvalue weighted by Crippen LogP contribution is -2.74. The van der Waals surface area contributed by atoms with E-state index in [1.54, 1.807) is 48.5 Å². The molecule has 0 bridgehead atoms. The number of ether oxygens (including phenoxy) is 6. The normalized spacial score (nSPS) is 21.9. The van der Waals surface area contributed by atoms with Crippen LogP contribution in [0.15, 0.2) is 78.9 Å². The lowest BCUT2D eigenvalue weighted by molar-refractivity contribution is -0.164. The van der Waals surface area contributed by atoms with Gasteiger partial charge in [0.05, 0.1) is 81.6 Å². The number of nitriles is 1. The summed E-state index contributed by atoms with van der Waals surface area (Å²) in [6.07, 6.45) is 0.142. The topological polar surface area (TPSA) is 154 Å². The van der Waals surface area contributed by atoms with Crippen molar-refractivity contribution >= 4 is 52.3 Å². The van der Waals surface area contributed by atoms with Crippen molar-refractivity contribution in [2.75, 3.05) is 66.0 Å². The molecule has 6 rings (SSSR count). The fourth-order valence-electron chi connectivity index (χ4n) is 10.4. The van der Waals surface area contributed by atoms with Gasteiger partial charge in [-0.3, -0.25) is 9.59 Å². The second kappa shape index (κ2) is 25.0. The van der Waals surface area contributed by atoms with Gasteiger partial charge in [-0.2, -0.15) is 5.26 Å². The van der Waals surface area contributed by atoms with Crippen LogP contribution in [0.1, 0.15) is 82.3 Å². The first-order valence-electron chi connectivity index (χ1n) is 24.2. The van der Waals surface area contributed by atoms with E-state index in [-0.39, 0.29) is 81.8 Å². The molecule has 0 spiro atoms. The standard InChI is InChI=1S/C55H64Cl3F2N5O8/c1-52(2,3)32-44-55(33-61,39-18-14-35(56)30-42(39)59)45(38-10-9-11-40(57)46(38)60)47(64-44)49(67)63-20-21-68-22-23-69-24-25-70-26-27-71-28-29-72-36-15-12-34(13-16-36)48(66)65-50-53(4,5)51(54(50,6)7)73-37-17-19-43(62-8)41(58)31-37/h9-19,30-31,44-45,47,50-51,64H,20-29,32H2,1-7H3,(H,63,67)(H,65,66)/t44-,45-,47+,50?,51?,55-/m1/s1. The number of carbonyl (C=O) groups excluding carboxylic acids is 2. The maximum atomic E-state index is 15.9. The number of rotatable bonds is 24. The Morgan fingerprint density at radius 1 is 0.795 bits per heavy atom. The van der Waals surface area contributed by atoms with Gasteiger partial charge in [0.25, 0.3) is 5.91 Å². The summed E-state index contributed by atoms with van der Waals surface area (Å²) < 4.78 is 66.4. The maximum absolute atomic E-state index is 15.9. The van der Waals surface area contributed by atoms with Crippen LogP contribution >= 0.6 is 34.8 Å². The lowest BCUT2D eigenvalue weighted by atomic mass is 9.49. The van der Waals surface area contributed by atoms with Crippen LogP contribution in [0.3, 0.4) is 0 Å². The zero-order valence-corrected chi connectivity index (χ0v) is 44.5. The molecule has 1 saturated carbocycles. The van der Waals surface area contributed by atoms with Gasteiger partial charge in [-0.05, 0) is 72.0 Å². The quantitative estimate of drug-likeness (QED) is 0.0456. The lowest BCUT2D eigenvalue weighted by Gasteiger charge is -2.63. The van der Waals surface area contributed by atoms with Gasteiger partial charge in [0, 0.05) is 51.5 Å². The summed E-state index contributed by atoms with van der Waals surface area (Å²) >= 11 is 18.6. The van der Waals surface area contributed by atoms with Gasteiger partial charge in [-0.25, -0.2) is 13.6 Å². The summed E-state index contributed by atoms with van der Waals surface area (Å²) in [5.74, 6) is -2.22. The fraction of sp³-hybridized carbons (Fsp3) is 0.491. The molecule has 18 heteroatoms. The van der Waals surface area contributed by atoms with Crippen molar-refractivity contribution in [2.45, 2.75) is 90.4 Å². The third-order valence-electron chi connectivity index (χ3n) is 13.4. The number of halogens is 5. The van der Waals surface area contributed by atoms with E-state index in [2.05, 4.69) is 54.6 Å². The first-order valence-corrected chi connectivity index (χ1v) is 25.3. The number of hydrogen-bond donors (Lipinski definition) is 3. The molecule has 1 saturated heterocycles. The van der Waals surface area contributed by atoms with Crippen LogP contribution in [0.4, 0.5) is 14.5 Å². The molecule has 0 radical (unpaired) electrons. The second-order valence-electron chi connectivity index (χ2n) is 20.6. The molecule has 4 aromatic rings. The van der Waals surface area contributed by atoms with Crippen LogP contribution in [0.25, 0.3) is 4.85 Å². The summed E-state index contributed by atoms with van der Waals surface area (Å²) in [5.41, 5.74) is -1.98. The predicted molar refractivity (Wildman–Crippen MR) is 277 cm³/mol. The van der Waals surface area contributed by atoms with Crippen LogP contribution in [-0.2, 0) is 29.2 Å². The Kier molecular flexibility index (Phi) is 19.6. The Balaban J connectivity index is 0.840. The van der Waals surface area contributed by atoms with E-state index in [9.17, 15) is 14.9 Å². The average Bonchev–Trinajstić information content (AvgIpc) is 3.65. The van der Waals surface area contributed by atoms with Crippen LogP contribution < -0.4 is 25.4 Å². The van der Waals surface area contributed by atoms with E-state index >= 15 is 8.78 Å². The van der Waals surface area contributed by atoms with Crippen LogP contribution in [0.5, 0.6) is 11.5 Å². The first-order chi connectivity index (χ1) is 34.6. The summed E-state index contributed by atoms with van der Waals surface area (Å²) in [7, 11) is 0. The minimum Gasteiger partial charge on any atom is -0.491 e. The Labute approximate surface area is 442 Å². The minimum absolute atomic E-state index is 0.00497. The molecule has 392 valence electrons. The number of nitrogens with zero attached hydrogens (tertiary/aromatic N) is 2. The highest BCUT2D eigenvalue weighted by molar-refractivity contribution is 6.33. The molecule has 73 heavy (non-hydrogen) atoms. The SMILES string of the molecule is [C-]#[N+]c1ccc(OC2C(C)(C)C(NC(=O)c3ccc(OCCOCCOCCOCCOCCNC(=O)[C@H]4N[C@H](CC(C)(C)C)[C@@](C#N)(c5ccc(Cl)cc5F)[C@@H]4c4cccc(Cl)c4F)cc3)C2(C)C)cc1Cl. The predicted octanol–water partition coefficient (Wildman–Crippen LogP) is 10.7. The molecule has 3 N–H and O–H groups in total. The highest BCUT2D eigenvalue weighted by Gasteiger charge is 2.64. The molecule has 2 amide bonds. The largest absolute Gasteiger partial charge is 0.491 e. The fourth-order valence-corrected chi connectivity index (χ4v) is 11.0. The Hall–Kier alpha value is -5.07. The molecule has 4 atom stereocenters. The molecular weight excluding hydrogens is 1000 g/mol. The second-order valence-corrected chi connectivity index (χ2v) is 21.8. The maximum Gasteiger partial charge on any atom is 0.251 e. The van der Waals surface area contributed by atoms with Gasteiger partial charge in [0.1, 0.15) is 41.3 Å². The highest BCUT2D eigenvalue weighted by Crippen LogP contribution is 2.56. The molecule has 13 nitrogen and oxygen atoms in total. The van der Waals surface area contributed by atoms with Crippen LogP contribution in [0.2, 0.25) is 15.1 Å². The molecule has 2 aliphatic rings. The number of hydrogen-bond acceptors (Lipinski definition) is 10. The Morgan fingerprint density at radius 3 is 1.97 bits per heavy atom. The first kappa shape index (κ1) is 57.2. The average molecular weight is 1070 g/mol. The van der Waals surface area contributed by atoms with E-state index < -0.39 is 41.0 Å². The molecule has 1 aliphatic carbocycles. The molecule has 0 unspecified atom stereocenters. The van der Waals surface area contributed by atoms with E-state index in [4.69, 9.17) is 69.8 Å². The van der Waals surface area contributed by atoms with E-state index in [1.165, 1.54) is 24.3 Å². The molecule has 0 aromatic heterocycles. The number of carbonyl (C=O) groups is 2. The van der Waals surface area contributed by atoms with Crippen molar-refractivity contribution in [3.8, 4) is 17.6 Å². The third kappa shape index (κ3) is 13.6. The van der Waals surface area contributed by atoms with Gasteiger partial charge in [0.15, 0.2) is 0 Å². The number of benzene rings is 4. The van der Waals surface area contributed by atoms with E-state index in [0.29, 0.717) is 73.8 Å². The Bertz CT molecular complexity index is 2620. The molecule has 4 aromatic carbocycles. The molecular formula is C55H64Cl3F2N5O8. The minimum atomic E-state index is -1.72. The number of amides is 2. The zero-order valence-electron chi connectivity index (χ0n) is 42.2. The summed E-state index contributed by atoms with van der Waals surface area (Å²) in [4.78, 5) is 30.7. The van der Waals surface area contributed by atoms with Gasteiger partial charge in [0.2, 0.25) is 11.6 Å². The van der Waals surface area contributed by atoms with Crippen molar-refractivity contribution in [3.05, 3.63) is 134 Å². The van der Waals surface area contributed by atoms with Gasteiger partial charge in [-0.15, -0.1) is 0 Å². The van der Waals surface area contributed by atoms with Crippen molar-refractivity contribution in [1.82, 2.24) is 16.0 Å². The van der Waals surface area contributed by atoms with E-state index in [0.717, 1.165) is 6.07 Å². The van der Waals surface area contributed by atoms with E-state index in [1.807, 2.05) is 20.8 Å². The van der Waals surface area contributed by atoms with Gasteiger partial charge in [-0.1, -0.05) is 108 Å². The van der Waals surface area contributed by atoms with Crippen molar-refractivity contribution in [3.63, 3.8) is 0 Å². The molecule has 1 heterocycles. The van der Waals surface area contributed by atoms with Crippen molar-refractivity contribution < 1.29 is 46.8 Å². The molecule has 2 fully saturated rings. The monoisotopic (exact) mass is 1070 g/mol. The van der Waals surface area contributed by atoms with Crippen molar-refractivity contribution in [1.29, 1.82) is 5.26 Å². The summed E-state index contributed by atoms with van der Waals surface area (Å²) in [6, 6.07) is 20.7. The van der Waals surface area contributed by atoms with Gasteiger partial charge >= 0.3 is 0 Å². The van der Waals surface area contributed by atoms with Gasteiger partial charge < -0.3 is 44.4 Å². The number of nitrogens with one attached hydrogen (secondary N) is 3. The summed E-state index contributed by atoms with van der Waals surface area (Å²) in [5, 5.41) is 20.7.